The Balaban J connectivity index is 2.96. The predicted octanol–water partition coefficient (Wildman–Crippen LogP) is 4.31. The second kappa shape index (κ2) is 9.65. The average molecular weight is 178 g/mol. The van der Waals surface area contributed by atoms with Crippen molar-refractivity contribution < 1.29 is 0 Å². The van der Waals surface area contributed by atoms with Crippen LogP contribution in [-0.2, 0) is 0 Å². The van der Waals surface area contributed by atoms with Crippen LogP contribution in [0.2, 0.25) is 0 Å². The van der Waals surface area contributed by atoms with E-state index in [0.29, 0.717) is 0 Å². The fraction of sp³-hybridized carbons (Fsp3) is 0.769. The zero-order chi connectivity index (χ0) is 9.94. The van der Waals surface area contributed by atoms with Crippen molar-refractivity contribution in [3.05, 3.63) is 12.3 Å². The molecule has 2 radical (unpaired) electrons. The maximum absolute atomic E-state index is 6.89. The molecule has 0 nitrogen and oxygen atoms in total. The molecule has 0 aliphatic carbocycles. The Hall–Kier alpha value is -0.440. The van der Waals surface area contributed by atoms with Crippen molar-refractivity contribution in [2.24, 2.45) is 0 Å². The summed E-state index contributed by atoms with van der Waals surface area (Å²) in [5.74, 6) is 3.53. The first kappa shape index (κ1) is 12.6. The van der Waals surface area contributed by atoms with E-state index in [9.17, 15) is 0 Å². The van der Waals surface area contributed by atoms with E-state index >= 15 is 0 Å². The molecule has 74 valence electrons. The average Bonchev–Trinajstić information content (AvgIpc) is 2.16. The monoisotopic (exact) mass is 178 g/mol. The van der Waals surface area contributed by atoms with E-state index in [1.54, 1.807) is 0 Å². The van der Waals surface area contributed by atoms with Gasteiger partial charge in [-0.2, -0.15) is 0 Å². The van der Waals surface area contributed by atoms with Gasteiger partial charge in [-0.1, -0.05) is 57.8 Å². The SMILES string of the molecule is [C]#C[C](C)CCCCCCCCC. The van der Waals surface area contributed by atoms with Crippen molar-refractivity contribution in [3.63, 3.8) is 0 Å². The standard InChI is InChI=1S/C13H22/c1-4-6-7-8-9-10-11-12-13(3)5-2/h4,6-12H2,1,3H3. The van der Waals surface area contributed by atoms with Crippen LogP contribution in [0.25, 0.3) is 0 Å². The van der Waals surface area contributed by atoms with Crippen LogP contribution in [-0.4, -0.2) is 0 Å². The lowest BCUT2D eigenvalue weighted by Gasteiger charge is -2.02. The van der Waals surface area contributed by atoms with E-state index in [4.69, 9.17) is 6.42 Å². The second-order valence-corrected chi connectivity index (χ2v) is 3.78. The minimum absolute atomic E-state index is 1.07. The second-order valence-electron chi connectivity index (χ2n) is 3.78. The van der Waals surface area contributed by atoms with Gasteiger partial charge in [0.05, 0.1) is 0 Å². The summed E-state index contributed by atoms with van der Waals surface area (Å²) in [4.78, 5) is 0. The molecule has 0 heterocycles. The zero-order valence-corrected chi connectivity index (χ0v) is 9.16. The maximum Gasteiger partial charge on any atom is 0.0459 e. The summed E-state index contributed by atoms with van der Waals surface area (Å²) in [5, 5.41) is 0. The van der Waals surface area contributed by atoms with Crippen LogP contribution in [0.1, 0.15) is 65.2 Å². The van der Waals surface area contributed by atoms with E-state index in [1.165, 1.54) is 44.9 Å². The van der Waals surface area contributed by atoms with Gasteiger partial charge in [-0.15, -0.1) is 0 Å². The molecule has 0 atom stereocenters. The fourth-order valence-corrected chi connectivity index (χ4v) is 1.41. The summed E-state index contributed by atoms with van der Waals surface area (Å²) in [7, 11) is 0. The Morgan fingerprint density at radius 1 is 1.00 bits per heavy atom. The Morgan fingerprint density at radius 2 is 1.54 bits per heavy atom. The summed E-state index contributed by atoms with van der Waals surface area (Å²) >= 11 is 0. The molecule has 0 aliphatic heterocycles. The highest BCUT2D eigenvalue weighted by molar-refractivity contribution is 5.09. The van der Waals surface area contributed by atoms with Gasteiger partial charge in [0.2, 0.25) is 0 Å². The molecule has 13 heavy (non-hydrogen) atoms. The van der Waals surface area contributed by atoms with Gasteiger partial charge in [0.25, 0.3) is 0 Å². The van der Waals surface area contributed by atoms with E-state index in [1.807, 2.05) is 6.92 Å². The third-order valence-electron chi connectivity index (χ3n) is 2.37. The number of hydrogen-bond acceptors (Lipinski definition) is 0. The first-order valence-corrected chi connectivity index (χ1v) is 5.56. The Kier molecular flexibility index (Phi) is 9.32. The molecule has 0 aromatic carbocycles. The minimum atomic E-state index is 1.07. The molecule has 0 saturated heterocycles. The van der Waals surface area contributed by atoms with Gasteiger partial charge in [-0.05, 0) is 19.8 Å². The normalized spacial score (nSPS) is 10.3. The van der Waals surface area contributed by atoms with Gasteiger partial charge in [0, 0.05) is 5.92 Å². The molecule has 0 N–H and O–H groups in total. The molecule has 0 heteroatoms. The van der Waals surface area contributed by atoms with Gasteiger partial charge in [-0.25, -0.2) is 0 Å². The number of hydrogen-bond donors (Lipinski definition) is 0. The number of unbranched alkanes of at least 4 members (excludes halogenated alkanes) is 6. The molecule has 0 amide bonds. The van der Waals surface area contributed by atoms with Gasteiger partial charge in [0.15, 0.2) is 0 Å². The Labute approximate surface area is 84.1 Å². The first-order chi connectivity index (χ1) is 6.31. The van der Waals surface area contributed by atoms with Crippen LogP contribution >= 0.6 is 0 Å². The Bertz CT molecular complexity index is 129. The molecule has 0 spiro atoms. The first-order valence-electron chi connectivity index (χ1n) is 5.56. The molecular formula is C13H22. The Morgan fingerprint density at radius 3 is 2.08 bits per heavy atom. The summed E-state index contributed by atoms with van der Waals surface area (Å²) < 4.78 is 0. The van der Waals surface area contributed by atoms with E-state index in [-0.39, 0.29) is 0 Å². The highest BCUT2D eigenvalue weighted by Crippen LogP contribution is 2.12. The van der Waals surface area contributed by atoms with Gasteiger partial charge < -0.3 is 0 Å². The van der Waals surface area contributed by atoms with Crippen LogP contribution in [0.4, 0.5) is 0 Å². The lowest BCUT2D eigenvalue weighted by molar-refractivity contribution is 0.583. The number of rotatable bonds is 8. The van der Waals surface area contributed by atoms with E-state index < -0.39 is 0 Å². The summed E-state index contributed by atoms with van der Waals surface area (Å²) in [5.41, 5.74) is 0. The summed E-state index contributed by atoms with van der Waals surface area (Å²) in [6, 6.07) is 0. The van der Waals surface area contributed by atoms with Gasteiger partial charge in [-0.3, -0.25) is 0 Å². The molecule has 0 aromatic heterocycles. The summed E-state index contributed by atoms with van der Waals surface area (Å²) in [6.07, 6.45) is 17.4. The fourth-order valence-electron chi connectivity index (χ4n) is 1.41. The molecule has 0 aliphatic rings. The van der Waals surface area contributed by atoms with Crippen LogP contribution in [0.3, 0.4) is 0 Å². The van der Waals surface area contributed by atoms with Crippen LogP contribution in [0.5, 0.6) is 0 Å². The van der Waals surface area contributed by atoms with Gasteiger partial charge >= 0.3 is 0 Å². The highest BCUT2D eigenvalue weighted by Gasteiger charge is 1.97. The van der Waals surface area contributed by atoms with Crippen molar-refractivity contribution >= 4 is 0 Å². The lowest BCUT2D eigenvalue weighted by Crippen LogP contribution is -1.87. The van der Waals surface area contributed by atoms with E-state index in [2.05, 4.69) is 12.8 Å². The zero-order valence-electron chi connectivity index (χ0n) is 9.16. The van der Waals surface area contributed by atoms with Gasteiger partial charge in [0.1, 0.15) is 0 Å². The molecule has 0 aromatic rings. The van der Waals surface area contributed by atoms with E-state index in [0.717, 1.165) is 12.3 Å². The predicted molar refractivity (Wildman–Crippen MR) is 58.7 cm³/mol. The lowest BCUT2D eigenvalue weighted by atomic mass is 10.0. The maximum atomic E-state index is 6.89. The molecule has 0 fully saturated rings. The molecule has 0 saturated carbocycles. The third-order valence-corrected chi connectivity index (χ3v) is 2.37. The van der Waals surface area contributed by atoms with Crippen molar-refractivity contribution in [1.29, 1.82) is 0 Å². The van der Waals surface area contributed by atoms with Crippen molar-refractivity contribution in [3.8, 4) is 5.92 Å². The summed E-state index contributed by atoms with van der Waals surface area (Å²) in [6.45, 7) is 4.24. The molecule has 0 rings (SSSR count). The quantitative estimate of drug-likeness (QED) is 0.384. The van der Waals surface area contributed by atoms with Crippen molar-refractivity contribution in [2.75, 3.05) is 0 Å². The highest BCUT2D eigenvalue weighted by atomic mass is 14.0. The van der Waals surface area contributed by atoms with Crippen LogP contribution in [0, 0.1) is 18.3 Å². The molecule has 0 bridgehead atoms. The largest absolute Gasteiger partial charge is 0.0810 e. The van der Waals surface area contributed by atoms with Crippen LogP contribution < -0.4 is 0 Å². The van der Waals surface area contributed by atoms with Crippen LogP contribution in [0.15, 0.2) is 0 Å². The minimum Gasteiger partial charge on any atom is -0.0810 e. The molecule has 0 unspecified atom stereocenters. The third kappa shape index (κ3) is 9.47. The molecular weight excluding hydrogens is 156 g/mol. The topological polar surface area (TPSA) is 0 Å². The van der Waals surface area contributed by atoms with Crippen molar-refractivity contribution in [2.45, 2.75) is 65.2 Å². The smallest absolute Gasteiger partial charge is 0.0459 e. The van der Waals surface area contributed by atoms with Crippen molar-refractivity contribution in [1.82, 2.24) is 0 Å².